The maximum atomic E-state index is 2.51. The first kappa shape index (κ1) is 35.5. The molecule has 2 heteroatoms. The second-order valence-electron chi connectivity index (χ2n) is 16.8. The summed E-state index contributed by atoms with van der Waals surface area (Å²) in [5.41, 5.74) is 19.1. The molecule has 0 atom stereocenters. The second-order valence-corrected chi connectivity index (χ2v) is 16.8. The maximum absolute atomic E-state index is 2.51. The molecule has 0 spiro atoms. The molecule has 12 rings (SSSR count). The highest BCUT2D eigenvalue weighted by Crippen LogP contribution is 2.51. The Bertz CT molecular complexity index is 3260. The van der Waals surface area contributed by atoms with Crippen molar-refractivity contribution in [3.8, 4) is 22.3 Å². The van der Waals surface area contributed by atoms with Crippen molar-refractivity contribution in [2.45, 2.75) is 32.6 Å². The molecule has 10 aromatic carbocycles. The second kappa shape index (κ2) is 14.4. The van der Waals surface area contributed by atoms with Crippen molar-refractivity contribution in [1.29, 1.82) is 0 Å². The summed E-state index contributed by atoms with van der Waals surface area (Å²) >= 11 is 0. The van der Waals surface area contributed by atoms with E-state index >= 15 is 0 Å². The molecular formula is C59H44N2. The van der Waals surface area contributed by atoms with Gasteiger partial charge in [-0.15, -0.1) is 0 Å². The van der Waals surface area contributed by atoms with Crippen LogP contribution in [0.3, 0.4) is 0 Å². The molecule has 0 N–H and O–H groups in total. The molecule has 0 aromatic heterocycles. The van der Waals surface area contributed by atoms with E-state index < -0.39 is 0 Å². The molecule has 0 saturated heterocycles. The minimum Gasteiger partial charge on any atom is -0.310 e. The highest BCUT2D eigenvalue weighted by atomic mass is 15.2. The van der Waals surface area contributed by atoms with Gasteiger partial charge in [-0.2, -0.15) is 0 Å². The average molecular weight is 781 g/mol. The fraction of sp³-hybridized carbons (Fsp3) is 0.0847. The van der Waals surface area contributed by atoms with Crippen LogP contribution in [-0.2, 0) is 25.7 Å². The number of anilines is 6. The number of nitrogens with zero attached hydrogens (tertiary/aromatic N) is 2. The minimum absolute atomic E-state index is 1.01. The van der Waals surface area contributed by atoms with E-state index in [1.54, 1.807) is 0 Å². The Morgan fingerprint density at radius 3 is 1.28 bits per heavy atom. The van der Waals surface area contributed by atoms with E-state index in [2.05, 4.69) is 217 Å². The molecule has 2 aliphatic heterocycles. The maximum Gasteiger partial charge on any atom is 0.0493 e. The molecule has 0 unspecified atom stereocenters. The smallest absolute Gasteiger partial charge is 0.0493 e. The molecular weight excluding hydrogens is 737 g/mol. The lowest BCUT2D eigenvalue weighted by atomic mass is 9.84. The first-order valence-electron chi connectivity index (χ1n) is 21.7. The van der Waals surface area contributed by atoms with Crippen LogP contribution < -0.4 is 9.80 Å². The van der Waals surface area contributed by atoms with E-state index in [0.717, 1.165) is 25.7 Å². The molecule has 0 aliphatic carbocycles. The Labute approximate surface area is 357 Å². The van der Waals surface area contributed by atoms with Crippen LogP contribution in [0.5, 0.6) is 0 Å². The lowest BCUT2D eigenvalue weighted by Crippen LogP contribution is -2.12. The van der Waals surface area contributed by atoms with Crippen LogP contribution in [0.25, 0.3) is 54.6 Å². The van der Waals surface area contributed by atoms with Gasteiger partial charge in [-0.1, -0.05) is 146 Å². The first-order valence-corrected chi connectivity index (χ1v) is 21.7. The number of hydrogen-bond acceptors (Lipinski definition) is 2. The normalized spacial score (nSPS) is 13.3. The van der Waals surface area contributed by atoms with Crippen LogP contribution >= 0.6 is 0 Å². The Balaban J connectivity index is 1.20. The van der Waals surface area contributed by atoms with Gasteiger partial charge in [0, 0.05) is 34.1 Å². The van der Waals surface area contributed by atoms with Gasteiger partial charge in [0.1, 0.15) is 0 Å². The van der Waals surface area contributed by atoms with Crippen molar-refractivity contribution in [2.24, 2.45) is 0 Å². The predicted molar refractivity (Wildman–Crippen MR) is 259 cm³/mol. The average Bonchev–Trinajstić information content (AvgIpc) is 3.59. The fourth-order valence-electron chi connectivity index (χ4n) is 10.4. The molecule has 0 radical (unpaired) electrons. The summed E-state index contributed by atoms with van der Waals surface area (Å²) in [5.74, 6) is 0. The molecule has 2 aliphatic rings. The molecule has 0 fully saturated rings. The van der Waals surface area contributed by atoms with Crippen molar-refractivity contribution in [2.75, 3.05) is 9.80 Å². The van der Waals surface area contributed by atoms with Gasteiger partial charge >= 0.3 is 0 Å². The molecule has 2 nitrogen and oxygen atoms in total. The molecule has 0 amide bonds. The van der Waals surface area contributed by atoms with Crippen molar-refractivity contribution >= 4 is 66.4 Å². The third kappa shape index (κ3) is 5.85. The quantitative estimate of drug-likeness (QED) is 0.164. The molecule has 0 saturated carbocycles. The molecule has 10 aromatic rings. The van der Waals surface area contributed by atoms with Gasteiger partial charge in [0.25, 0.3) is 0 Å². The van der Waals surface area contributed by atoms with E-state index in [-0.39, 0.29) is 0 Å². The number of aryl methyl sites for hydroxylation is 5. The van der Waals surface area contributed by atoms with Crippen LogP contribution in [0.15, 0.2) is 200 Å². The highest BCUT2D eigenvalue weighted by molar-refractivity contribution is 6.23. The highest BCUT2D eigenvalue weighted by Gasteiger charge is 2.27. The lowest BCUT2D eigenvalue weighted by molar-refractivity contribution is 0.977. The minimum atomic E-state index is 1.01. The van der Waals surface area contributed by atoms with Crippen LogP contribution in [0.1, 0.15) is 27.8 Å². The zero-order valence-electron chi connectivity index (χ0n) is 34.3. The molecule has 290 valence electrons. The largest absolute Gasteiger partial charge is 0.310 e. The Hall–Kier alpha value is -7.42. The molecule has 0 bridgehead atoms. The van der Waals surface area contributed by atoms with Gasteiger partial charge in [-0.25, -0.2) is 0 Å². The molecule has 61 heavy (non-hydrogen) atoms. The Kier molecular flexibility index (Phi) is 8.38. The van der Waals surface area contributed by atoms with E-state index in [1.165, 1.54) is 117 Å². The Morgan fingerprint density at radius 2 is 0.754 bits per heavy atom. The van der Waals surface area contributed by atoms with E-state index in [0.29, 0.717) is 0 Å². The summed E-state index contributed by atoms with van der Waals surface area (Å²) in [7, 11) is 0. The topological polar surface area (TPSA) is 6.48 Å². The Morgan fingerprint density at radius 1 is 0.328 bits per heavy atom. The summed E-state index contributed by atoms with van der Waals surface area (Å²) < 4.78 is 0. The standard InChI is InChI=1S/C59H44N2/c1-39-14-2-9-21-49(39)59-51-35-33-47(60-54-22-10-5-16-41(54)27-28-42-17-6-11-23-55(42)60)37-52(51)58(46-31-26-40-15-3-4-20-45(40)36-46)50-34-32-48(38-53(50)59)61-56-24-12-7-18-43(56)29-30-44-19-8-13-25-57(44)61/h2-26,31-38H,27-30H2,1H3. The van der Waals surface area contributed by atoms with Gasteiger partial charge in [0.05, 0.1) is 0 Å². The van der Waals surface area contributed by atoms with E-state index in [4.69, 9.17) is 0 Å². The zero-order valence-corrected chi connectivity index (χ0v) is 34.3. The number of fused-ring (bicyclic) bond motifs is 7. The van der Waals surface area contributed by atoms with Crippen LogP contribution in [0.4, 0.5) is 34.1 Å². The summed E-state index contributed by atoms with van der Waals surface area (Å²) in [6, 6.07) is 75.1. The third-order valence-corrected chi connectivity index (χ3v) is 13.3. The van der Waals surface area contributed by atoms with Crippen molar-refractivity contribution in [1.82, 2.24) is 0 Å². The van der Waals surface area contributed by atoms with Crippen molar-refractivity contribution in [3.63, 3.8) is 0 Å². The third-order valence-electron chi connectivity index (χ3n) is 13.3. The first-order chi connectivity index (χ1) is 30.2. The van der Waals surface area contributed by atoms with Gasteiger partial charge in [0.2, 0.25) is 0 Å². The summed E-state index contributed by atoms with van der Waals surface area (Å²) in [6.07, 6.45) is 4.04. The molecule has 2 heterocycles. The van der Waals surface area contributed by atoms with Crippen LogP contribution in [0.2, 0.25) is 0 Å². The van der Waals surface area contributed by atoms with E-state index in [9.17, 15) is 0 Å². The van der Waals surface area contributed by atoms with Gasteiger partial charge < -0.3 is 9.80 Å². The number of para-hydroxylation sites is 4. The van der Waals surface area contributed by atoms with E-state index in [1.807, 2.05) is 0 Å². The predicted octanol–water partition coefficient (Wildman–Crippen LogP) is 15.9. The van der Waals surface area contributed by atoms with Crippen LogP contribution in [0, 0.1) is 6.92 Å². The SMILES string of the molecule is Cc1ccccc1-c1c2ccc(N3c4ccccc4CCc4ccccc43)cc2c(-c2ccc3ccccc3c2)c2ccc(N3c4ccccc4CCc4ccccc43)cc12. The number of rotatable bonds is 4. The lowest BCUT2D eigenvalue weighted by Gasteiger charge is -2.29. The monoisotopic (exact) mass is 780 g/mol. The van der Waals surface area contributed by atoms with Crippen LogP contribution in [-0.4, -0.2) is 0 Å². The van der Waals surface area contributed by atoms with Gasteiger partial charge in [-0.05, 0) is 170 Å². The van der Waals surface area contributed by atoms with Gasteiger partial charge in [0.15, 0.2) is 0 Å². The summed E-state index contributed by atoms with van der Waals surface area (Å²) in [5, 5.41) is 7.48. The van der Waals surface area contributed by atoms with Gasteiger partial charge in [-0.3, -0.25) is 0 Å². The summed E-state index contributed by atoms with van der Waals surface area (Å²) in [4.78, 5) is 5.02. The number of hydrogen-bond donors (Lipinski definition) is 0. The summed E-state index contributed by atoms with van der Waals surface area (Å²) in [6.45, 7) is 2.26. The number of benzene rings is 10. The van der Waals surface area contributed by atoms with Crippen molar-refractivity contribution in [3.05, 3.63) is 228 Å². The zero-order chi connectivity index (χ0) is 40.4. The fourth-order valence-corrected chi connectivity index (χ4v) is 10.4. The van der Waals surface area contributed by atoms with Crippen molar-refractivity contribution < 1.29 is 0 Å².